The second kappa shape index (κ2) is 9.24. The molecule has 1 N–H and O–H groups in total. The highest BCUT2D eigenvalue weighted by Crippen LogP contribution is 2.23. The van der Waals surface area contributed by atoms with E-state index in [-0.39, 0.29) is 11.7 Å². The van der Waals surface area contributed by atoms with Crippen molar-refractivity contribution in [1.82, 2.24) is 14.9 Å². The van der Waals surface area contributed by atoms with Gasteiger partial charge < -0.3 is 14.7 Å². The summed E-state index contributed by atoms with van der Waals surface area (Å²) in [6, 6.07) is 6.69. The van der Waals surface area contributed by atoms with Gasteiger partial charge in [-0.15, -0.1) is 0 Å². The minimum atomic E-state index is -0.963. The Hall–Kier alpha value is -2.96. The summed E-state index contributed by atoms with van der Waals surface area (Å²) in [7, 11) is 0. The van der Waals surface area contributed by atoms with E-state index in [9.17, 15) is 9.59 Å². The third kappa shape index (κ3) is 6.02. The molecular formula is C23H29N3O4. The smallest absolute Gasteiger partial charge is 0.410 e. The first-order valence-electron chi connectivity index (χ1n) is 10.3. The first-order valence-corrected chi connectivity index (χ1v) is 10.3. The maximum absolute atomic E-state index is 12.3. The van der Waals surface area contributed by atoms with Crippen LogP contribution in [0.5, 0.6) is 0 Å². The summed E-state index contributed by atoms with van der Waals surface area (Å²) < 4.78 is 5.49. The Morgan fingerprint density at radius 1 is 1.17 bits per heavy atom. The molecule has 1 aromatic carbocycles. The molecule has 1 fully saturated rings. The van der Waals surface area contributed by atoms with Crippen molar-refractivity contribution >= 4 is 12.1 Å². The molecule has 160 valence electrons. The van der Waals surface area contributed by atoms with Crippen LogP contribution in [-0.4, -0.2) is 50.7 Å². The SMILES string of the molecule is CC(C)(C)OC(=O)N1CCCC(Cc2cnc(-c3cccc(C(=O)O)c3)cn2)CC1. The summed E-state index contributed by atoms with van der Waals surface area (Å²) in [6.07, 6.45) is 6.91. The molecule has 2 aromatic rings. The molecule has 0 bridgehead atoms. The number of hydrogen-bond donors (Lipinski definition) is 1. The van der Waals surface area contributed by atoms with E-state index in [0.29, 0.717) is 18.2 Å². The number of rotatable bonds is 4. The zero-order valence-corrected chi connectivity index (χ0v) is 17.8. The lowest BCUT2D eigenvalue weighted by atomic mass is 9.95. The van der Waals surface area contributed by atoms with E-state index in [1.165, 1.54) is 0 Å². The van der Waals surface area contributed by atoms with E-state index < -0.39 is 11.6 Å². The van der Waals surface area contributed by atoms with Crippen LogP contribution in [0.2, 0.25) is 0 Å². The lowest BCUT2D eigenvalue weighted by Gasteiger charge is -2.26. The van der Waals surface area contributed by atoms with E-state index in [1.54, 1.807) is 35.5 Å². The Labute approximate surface area is 177 Å². The van der Waals surface area contributed by atoms with Gasteiger partial charge in [0.05, 0.1) is 23.1 Å². The van der Waals surface area contributed by atoms with Crippen LogP contribution in [0.1, 0.15) is 56.1 Å². The molecule has 1 aromatic heterocycles. The fourth-order valence-electron chi connectivity index (χ4n) is 3.60. The minimum absolute atomic E-state index is 0.228. The van der Waals surface area contributed by atoms with Gasteiger partial charge in [0.2, 0.25) is 0 Å². The molecule has 30 heavy (non-hydrogen) atoms. The molecule has 2 heterocycles. The van der Waals surface area contributed by atoms with E-state index in [0.717, 1.165) is 43.5 Å². The molecule has 1 saturated heterocycles. The number of carbonyl (C=O) groups excluding carboxylic acids is 1. The van der Waals surface area contributed by atoms with Crippen molar-refractivity contribution < 1.29 is 19.4 Å². The Morgan fingerprint density at radius 2 is 1.97 bits per heavy atom. The standard InChI is InChI=1S/C23H29N3O4/c1-23(2,3)30-22(29)26-10-5-6-16(9-11-26)12-19-14-25-20(15-24-19)17-7-4-8-18(13-17)21(27)28/h4,7-8,13-16H,5-6,9-12H2,1-3H3,(H,27,28). The van der Waals surface area contributed by atoms with Crippen molar-refractivity contribution in [2.24, 2.45) is 5.92 Å². The number of nitrogens with zero attached hydrogens (tertiary/aromatic N) is 3. The van der Waals surface area contributed by atoms with Gasteiger partial charge in [-0.05, 0) is 64.5 Å². The van der Waals surface area contributed by atoms with Crippen molar-refractivity contribution in [3.8, 4) is 11.3 Å². The fourth-order valence-corrected chi connectivity index (χ4v) is 3.60. The molecule has 0 radical (unpaired) electrons. The van der Waals surface area contributed by atoms with Crippen LogP contribution in [0.3, 0.4) is 0 Å². The molecule has 3 rings (SSSR count). The molecule has 1 atom stereocenters. The number of aromatic nitrogens is 2. The van der Waals surface area contributed by atoms with Gasteiger partial charge in [-0.1, -0.05) is 12.1 Å². The summed E-state index contributed by atoms with van der Waals surface area (Å²) in [5.41, 5.74) is 2.04. The van der Waals surface area contributed by atoms with E-state index in [2.05, 4.69) is 9.97 Å². The number of carboxylic acids is 1. The maximum Gasteiger partial charge on any atom is 0.410 e. The van der Waals surface area contributed by atoms with Crippen LogP contribution in [0.15, 0.2) is 36.7 Å². The van der Waals surface area contributed by atoms with Gasteiger partial charge in [-0.25, -0.2) is 9.59 Å². The first-order chi connectivity index (χ1) is 14.2. The van der Waals surface area contributed by atoms with Crippen LogP contribution < -0.4 is 0 Å². The molecule has 1 amide bonds. The summed E-state index contributed by atoms with van der Waals surface area (Å²) in [5.74, 6) is -0.525. The second-order valence-corrected chi connectivity index (χ2v) is 8.75. The predicted octanol–water partition coefficient (Wildman–Crippen LogP) is 4.42. The molecule has 0 spiro atoms. The Bertz CT molecular complexity index is 890. The Kier molecular flexibility index (Phi) is 6.70. The van der Waals surface area contributed by atoms with Gasteiger partial charge in [0.1, 0.15) is 5.60 Å². The third-order valence-electron chi connectivity index (χ3n) is 5.11. The van der Waals surface area contributed by atoms with Gasteiger partial charge in [0, 0.05) is 24.8 Å². The molecule has 1 unspecified atom stereocenters. The number of amides is 1. The summed E-state index contributed by atoms with van der Waals surface area (Å²) in [4.78, 5) is 34.3. The number of hydrogen-bond acceptors (Lipinski definition) is 5. The number of likely N-dealkylation sites (tertiary alicyclic amines) is 1. The van der Waals surface area contributed by atoms with Gasteiger partial charge in [0.15, 0.2) is 0 Å². The first kappa shape index (κ1) is 21.7. The minimum Gasteiger partial charge on any atom is -0.478 e. The highest BCUT2D eigenvalue weighted by molar-refractivity contribution is 5.89. The Morgan fingerprint density at radius 3 is 2.63 bits per heavy atom. The largest absolute Gasteiger partial charge is 0.478 e. The summed E-state index contributed by atoms with van der Waals surface area (Å²) in [6.45, 7) is 7.05. The number of ether oxygens (including phenoxy) is 1. The zero-order valence-electron chi connectivity index (χ0n) is 17.8. The number of carboxylic acid groups (broad SMARTS) is 1. The normalized spacial score (nSPS) is 17.3. The molecule has 1 aliphatic heterocycles. The highest BCUT2D eigenvalue weighted by Gasteiger charge is 2.25. The van der Waals surface area contributed by atoms with Crippen LogP contribution in [0.4, 0.5) is 4.79 Å². The van der Waals surface area contributed by atoms with Crippen molar-refractivity contribution in [2.45, 2.75) is 52.1 Å². The van der Waals surface area contributed by atoms with Crippen molar-refractivity contribution in [3.05, 3.63) is 47.9 Å². The Balaban J connectivity index is 1.59. The molecule has 1 aliphatic rings. The van der Waals surface area contributed by atoms with Gasteiger partial charge in [0.25, 0.3) is 0 Å². The van der Waals surface area contributed by atoms with Crippen molar-refractivity contribution in [3.63, 3.8) is 0 Å². The molecule has 0 aliphatic carbocycles. The quantitative estimate of drug-likeness (QED) is 0.800. The number of carbonyl (C=O) groups is 2. The maximum atomic E-state index is 12.3. The molecule has 7 nitrogen and oxygen atoms in total. The van der Waals surface area contributed by atoms with Crippen molar-refractivity contribution in [2.75, 3.05) is 13.1 Å². The van der Waals surface area contributed by atoms with Gasteiger partial charge in [-0.3, -0.25) is 9.97 Å². The molecule has 7 heteroatoms. The monoisotopic (exact) mass is 411 g/mol. The van der Waals surface area contributed by atoms with E-state index in [1.807, 2.05) is 26.8 Å². The predicted molar refractivity (Wildman–Crippen MR) is 113 cm³/mol. The average Bonchev–Trinajstić information content (AvgIpc) is 2.93. The van der Waals surface area contributed by atoms with Crippen LogP contribution in [0.25, 0.3) is 11.3 Å². The van der Waals surface area contributed by atoms with Gasteiger partial charge >= 0.3 is 12.1 Å². The van der Waals surface area contributed by atoms with Crippen LogP contribution >= 0.6 is 0 Å². The van der Waals surface area contributed by atoms with E-state index in [4.69, 9.17) is 9.84 Å². The van der Waals surface area contributed by atoms with Crippen molar-refractivity contribution in [1.29, 1.82) is 0 Å². The summed E-state index contributed by atoms with van der Waals surface area (Å²) in [5, 5.41) is 9.15. The number of benzene rings is 1. The van der Waals surface area contributed by atoms with E-state index >= 15 is 0 Å². The topological polar surface area (TPSA) is 92.6 Å². The fraction of sp³-hybridized carbons (Fsp3) is 0.478. The second-order valence-electron chi connectivity index (χ2n) is 8.75. The lowest BCUT2D eigenvalue weighted by molar-refractivity contribution is 0.0255. The average molecular weight is 412 g/mol. The molecular weight excluding hydrogens is 382 g/mol. The van der Waals surface area contributed by atoms with Crippen LogP contribution in [-0.2, 0) is 11.2 Å². The van der Waals surface area contributed by atoms with Gasteiger partial charge in [-0.2, -0.15) is 0 Å². The molecule has 0 saturated carbocycles. The third-order valence-corrected chi connectivity index (χ3v) is 5.11. The van der Waals surface area contributed by atoms with Crippen LogP contribution in [0, 0.1) is 5.92 Å². The number of aromatic carboxylic acids is 1. The zero-order chi connectivity index (χ0) is 21.7. The lowest BCUT2D eigenvalue weighted by Crippen LogP contribution is -2.37. The summed E-state index contributed by atoms with van der Waals surface area (Å²) >= 11 is 0. The highest BCUT2D eigenvalue weighted by atomic mass is 16.6.